The van der Waals surface area contributed by atoms with Crippen LogP contribution < -0.4 is 5.73 Å². The van der Waals surface area contributed by atoms with Gasteiger partial charge in [0, 0.05) is 4.90 Å². The Bertz CT molecular complexity index is 294. The van der Waals surface area contributed by atoms with Crippen molar-refractivity contribution in [3.05, 3.63) is 29.8 Å². The molecule has 0 heterocycles. The maximum atomic E-state index is 5.61. The lowest BCUT2D eigenvalue weighted by molar-refractivity contribution is 0.459. The standard InChI is InChI=1S/C14H23NS/c1-4-16-14-7-5-13(6-8-14)12(3)11(2)9-10-15/h5-8,11-12H,4,9-10,15H2,1-3H3. The predicted octanol–water partition coefficient (Wildman–Crippen LogP) is 3.89. The molecule has 0 spiro atoms. The Kier molecular flexibility index (Phi) is 5.93. The van der Waals surface area contributed by atoms with E-state index in [4.69, 9.17) is 5.73 Å². The second-order valence-electron chi connectivity index (χ2n) is 4.35. The Morgan fingerprint density at radius 1 is 1.19 bits per heavy atom. The van der Waals surface area contributed by atoms with E-state index in [0.29, 0.717) is 11.8 Å². The molecule has 0 bridgehead atoms. The molecule has 90 valence electrons. The van der Waals surface area contributed by atoms with Gasteiger partial charge in [0.1, 0.15) is 0 Å². The summed E-state index contributed by atoms with van der Waals surface area (Å²) in [5.74, 6) is 2.40. The van der Waals surface area contributed by atoms with Crippen LogP contribution >= 0.6 is 11.8 Å². The lowest BCUT2D eigenvalue weighted by Crippen LogP contribution is -2.11. The zero-order valence-corrected chi connectivity index (χ0v) is 11.4. The van der Waals surface area contributed by atoms with Gasteiger partial charge in [0.05, 0.1) is 0 Å². The monoisotopic (exact) mass is 237 g/mol. The minimum absolute atomic E-state index is 0.601. The maximum absolute atomic E-state index is 5.61. The van der Waals surface area contributed by atoms with Gasteiger partial charge in [0.15, 0.2) is 0 Å². The quantitative estimate of drug-likeness (QED) is 0.760. The van der Waals surface area contributed by atoms with Gasteiger partial charge in [-0.05, 0) is 48.3 Å². The van der Waals surface area contributed by atoms with E-state index in [2.05, 4.69) is 45.0 Å². The molecule has 0 saturated heterocycles. The van der Waals surface area contributed by atoms with E-state index in [9.17, 15) is 0 Å². The van der Waals surface area contributed by atoms with Gasteiger partial charge in [-0.15, -0.1) is 11.8 Å². The molecule has 1 aromatic rings. The third-order valence-corrected chi connectivity index (χ3v) is 4.09. The molecule has 0 aliphatic heterocycles. The third-order valence-electron chi connectivity index (χ3n) is 3.19. The van der Waals surface area contributed by atoms with Crippen LogP contribution in [0.4, 0.5) is 0 Å². The topological polar surface area (TPSA) is 26.0 Å². The van der Waals surface area contributed by atoms with Gasteiger partial charge < -0.3 is 5.73 Å². The molecule has 0 fully saturated rings. The third kappa shape index (κ3) is 3.84. The lowest BCUT2D eigenvalue weighted by Gasteiger charge is -2.19. The molecule has 0 amide bonds. The molecule has 16 heavy (non-hydrogen) atoms. The van der Waals surface area contributed by atoms with Crippen molar-refractivity contribution in [2.24, 2.45) is 11.7 Å². The summed E-state index contributed by atoms with van der Waals surface area (Å²) in [6.07, 6.45) is 1.10. The Labute approximate surface area is 104 Å². The fraction of sp³-hybridized carbons (Fsp3) is 0.571. The minimum Gasteiger partial charge on any atom is -0.330 e. The molecule has 0 aliphatic rings. The van der Waals surface area contributed by atoms with Crippen LogP contribution in [0.25, 0.3) is 0 Å². The van der Waals surface area contributed by atoms with Crippen molar-refractivity contribution in [3.8, 4) is 0 Å². The van der Waals surface area contributed by atoms with Crippen LogP contribution in [0.5, 0.6) is 0 Å². The smallest absolute Gasteiger partial charge is 0.00720 e. The van der Waals surface area contributed by atoms with Gasteiger partial charge in [-0.2, -0.15) is 0 Å². The van der Waals surface area contributed by atoms with Crippen LogP contribution in [0.1, 0.15) is 38.7 Å². The molecular formula is C14H23NS. The first-order valence-electron chi connectivity index (χ1n) is 6.11. The highest BCUT2D eigenvalue weighted by atomic mass is 32.2. The normalized spacial score (nSPS) is 14.8. The summed E-state index contributed by atoms with van der Waals surface area (Å²) < 4.78 is 0. The molecule has 1 rings (SSSR count). The molecule has 0 radical (unpaired) electrons. The maximum Gasteiger partial charge on any atom is 0.00720 e. The highest BCUT2D eigenvalue weighted by molar-refractivity contribution is 7.99. The van der Waals surface area contributed by atoms with Gasteiger partial charge in [-0.1, -0.05) is 32.9 Å². The molecule has 0 aliphatic carbocycles. The number of rotatable bonds is 6. The van der Waals surface area contributed by atoms with Crippen LogP contribution in [0.2, 0.25) is 0 Å². The summed E-state index contributed by atoms with van der Waals surface area (Å²) in [5, 5.41) is 0. The SMILES string of the molecule is CCSc1ccc(C(C)C(C)CCN)cc1. The van der Waals surface area contributed by atoms with E-state index in [1.165, 1.54) is 10.5 Å². The van der Waals surface area contributed by atoms with Crippen LogP contribution in [0.15, 0.2) is 29.2 Å². The Hall–Kier alpha value is -0.470. The van der Waals surface area contributed by atoms with Gasteiger partial charge >= 0.3 is 0 Å². The van der Waals surface area contributed by atoms with E-state index in [-0.39, 0.29) is 0 Å². The van der Waals surface area contributed by atoms with Crippen molar-refractivity contribution in [1.82, 2.24) is 0 Å². The van der Waals surface area contributed by atoms with Crippen molar-refractivity contribution in [3.63, 3.8) is 0 Å². The predicted molar refractivity (Wildman–Crippen MR) is 74.1 cm³/mol. The Balaban J connectivity index is 2.65. The van der Waals surface area contributed by atoms with Crippen molar-refractivity contribution < 1.29 is 0 Å². The Morgan fingerprint density at radius 3 is 2.31 bits per heavy atom. The summed E-state index contributed by atoms with van der Waals surface area (Å²) in [4.78, 5) is 1.37. The summed E-state index contributed by atoms with van der Waals surface area (Å²) in [7, 11) is 0. The number of hydrogen-bond donors (Lipinski definition) is 1. The highest BCUT2D eigenvalue weighted by Gasteiger charge is 2.13. The molecular weight excluding hydrogens is 214 g/mol. The highest BCUT2D eigenvalue weighted by Crippen LogP contribution is 2.28. The average Bonchev–Trinajstić information content (AvgIpc) is 2.30. The fourth-order valence-electron chi connectivity index (χ4n) is 1.88. The van der Waals surface area contributed by atoms with Crippen molar-refractivity contribution >= 4 is 11.8 Å². The van der Waals surface area contributed by atoms with Crippen LogP contribution in [-0.4, -0.2) is 12.3 Å². The molecule has 2 heteroatoms. The molecule has 2 unspecified atom stereocenters. The van der Waals surface area contributed by atoms with Gasteiger partial charge in [-0.3, -0.25) is 0 Å². The molecule has 0 saturated carbocycles. The first-order valence-corrected chi connectivity index (χ1v) is 7.10. The minimum atomic E-state index is 0.601. The zero-order valence-electron chi connectivity index (χ0n) is 10.6. The number of nitrogens with two attached hydrogens (primary N) is 1. The molecule has 1 nitrogen and oxygen atoms in total. The van der Waals surface area contributed by atoms with E-state index >= 15 is 0 Å². The van der Waals surface area contributed by atoms with Crippen LogP contribution in [0.3, 0.4) is 0 Å². The van der Waals surface area contributed by atoms with E-state index in [1.54, 1.807) is 0 Å². The lowest BCUT2D eigenvalue weighted by atomic mass is 9.87. The van der Waals surface area contributed by atoms with Crippen molar-refractivity contribution in [2.45, 2.75) is 38.0 Å². The van der Waals surface area contributed by atoms with E-state index in [1.807, 2.05) is 11.8 Å². The average molecular weight is 237 g/mol. The van der Waals surface area contributed by atoms with E-state index < -0.39 is 0 Å². The van der Waals surface area contributed by atoms with Crippen molar-refractivity contribution in [1.29, 1.82) is 0 Å². The van der Waals surface area contributed by atoms with Crippen molar-refractivity contribution in [2.75, 3.05) is 12.3 Å². The first kappa shape index (κ1) is 13.6. The molecule has 0 aromatic heterocycles. The largest absolute Gasteiger partial charge is 0.330 e. The molecule has 2 atom stereocenters. The summed E-state index contributed by atoms with van der Waals surface area (Å²) >= 11 is 1.89. The summed E-state index contributed by atoms with van der Waals surface area (Å²) in [5.41, 5.74) is 7.04. The van der Waals surface area contributed by atoms with Gasteiger partial charge in [0.25, 0.3) is 0 Å². The molecule has 1 aromatic carbocycles. The number of benzene rings is 1. The second kappa shape index (κ2) is 6.97. The van der Waals surface area contributed by atoms with Gasteiger partial charge in [-0.25, -0.2) is 0 Å². The van der Waals surface area contributed by atoms with Gasteiger partial charge in [0.2, 0.25) is 0 Å². The van der Waals surface area contributed by atoms with Crippen LogP contribution in [0, 0.1) is 5.92 Å². The van der Waals surface area contributed by atoms with E-state index in [0.717, 1.165) is 18.7 Å². The summed E-state index contributed by atoms with van der Waals surface area (Å²) in [6, 6.07) is 8.98. The molecule has 2 N–H and O–H groups in total. The Morgan fingerprint density at radius 2 is 1.81 bits per heavy atom. The first-order chi connectivity index (χ1) is 7.69. The fourth-order valence-corrected chi connectivity index (χ4v) is 2.54. The summed E-state index contributed by atoms with van der Waals surface area (Å²) in [6.45, 7) is 7.55. The number of hydrogen-bond acceptors (Lipinski definition) is 2. The number of thioether (sulfide) groups is 1. The zero-order chi connectivity index (χ0) is 12.0. The second-order valence-corrected chi connectivity index (χ2v) is 5.68. The van der Waals surface area contributed by atoms with Crippen LogP contribution in [-0.2, 0) is 0 Å².